The summed E-state index contributed by atoms with van der Waals surface area (Å²) in [6.45, 7) is 8.13. The average molecular weight is 391 g/mol. The monoisotopic (exact) mass is 391 g/mol. The largest absolute Gasteiger partial charge is 0.250 e. The van der Waals surface area contributed by atoms with Gasteiger partial charge >= 0.3 is 0 Å². The summed E-state index contributed by atoms with van der Waals surface area (Å²) >= 11 is 0. The van der Waals surface area contributed by atoms with Crippen molar-refractivity contribution in [3.63, 3.8) is 0 Å². The predicted octanol–water partition coefficient (Wildman–Crippen LogP) is 6.89. The molecule has 0 aromatic heterocycles. The van der Waals surface area contributed by atoms with Crippen molar-refractivity contribution in [1.82, 2.24) is 0 Å². The van der Waals surface area contributed by atoms with Crippen LogP contribution in [0.5, 0.6) is 0 Å². The molecule has 28 heavy (non-hydrogen) atoms. The third-order valence-corrected chi connectivity index (χ3v) is 5.41. The topological polar surface area (TPSA) is 12.4 Å². The van der Waals surface area contributed by atoms with Gasteiger partial charge in [0, 0.05) is 17.7 Å². The summed E-state index contributed by atoms with van der Waals surface area (Å²) in [5.74, 6) is -10.0. The van der Waals surface area contributed by atoms with Crippen LogP contribution >= 0.6 is 0 Å². The van der Waals surface area contributed by atoms with E-state index in [0.717, 1.165) is 22.9 Å². The minimum Gasteiger partial charge on any atom is -0.250 e. The standard InChI is InChI=1S/C22H18F5N/c1-10-11(2)13(4)16(12(10)3)15-8-6-5-7-14(15)9-28-22-20(26)18(24)17(23)19(25)21(22)27/h5-9,12H,1-4H3. The molecule has 3 rings (SSSR count). The van der Waals surface area contributed by atoms with Crippen LogP contribution in [-0.2, 0) is 0 Å². The summed E-state index contributed by atoms with van der Waals surface area (Å²) in [5, 5.41) is 0. The molecule has 6 heteroatoms. The zero-order valence-corrected chi connectivity index (χ0v) is 15.8. The van der Waals surface area contributed by atoms with Gasteiger partial charge in [0.1, 0.15) is 5.69 Å². The second kappa shape index (κ2) is 7.34. The summed E-state index contributed by atoms with van der Waals surface area (Å²) in [5.41, 5.74) is 4.66. The fraction of sp³-hybridized carbons (Fsp3) is 0.227. The Kier molecular flexibility index (Phi) is 5.24. The van der Waals surface area contributed by atoms with Crippen molar-refractivity contribution in [2.45, 2.75) is 27.7 Å². The van der Waals surface area contributed by atoms with E-state index in [-0.39, 0.29) is 5.92 Å². The first-order valence-corrected chi connectivity index (χ1v) is 8.70. The van der Waals surface area contributed by atoms with Crippen LogP contribution in [0.15, 0.2) is 46.0 Å². The molecule has 0 spiro atoms. The molecule has 2 aromatic rings. The molecule has 146 valence electrons. The van der Waals surface area contributed by atoms with Gasteiger partial charge in [0.2, 0.25) is 5.82 Å². The Balaban J connectivity index is 2.11. The van der Waals surface area contributed by atoms with Gasteiger partial charge < -0.3 is 0 Å². The molecule has 0 saturated carbocycles. The van der Waals surface area contributed by atoms with E-state index in [1.165, 1.54) is 11.1 Å². The maximum Gasteiger partial charge on any atom is 0.200 e. The molecule has 0 N–H and O–H groups in total. The zero-order valence-electron chi connectivity index (χ0n) is 15.8. The summed E-state index contributed by atoms with van der Waals surface area (Å²) < 4.78 is 67.8. The first-order valence-electron chi connectivity index (χ1n) is 8.70. The molecule has 0 bridgehead atoms. The minimum atomic E-state index is -2.20. The van der Waals surface area contributed by atoms with Crippen LogP contribution in [0.25, 0.3) is 5.57 Å². The molecular weight excluding hydrogens is 373 g/mol. The molecule has 0 fully saturated rings. The van der Waals surface area contributed by atoms with Gasteiger partial charge in [-0.15, -0.1) is 0 Å². The highest BCUT2D eigenvalue weighted by atomic mass is 19.2. The van der Waals surface area contributed by atoms with Crippen molar-refractivity contribution in [2.75, 3.05) is 0 Å². The summed E-state index contributed by atoms with van der Waals surface area (Å²) in [6, 6.07) is 7.06. The molecule has 0 amide bonds. The Morgan fingerprint density at radius 2 is 1.32 bits per heavy atom. The highest BCUT2D eigenvalue weighted by Crippen LogP contribution is 2.43. The van der Waals surface area contributed by atoms with Crippen molar-refractivity contribution in [3.8, 4) is 0 Å². The summed E-state index contributed by atoms with van der Waals surface area (Å²) in [4.78, 5) is 3.60. The van der Waals surface area contributed by atoms with Gasteiger partial charge in [-0.25, -0.2) is 26.9 Å². The van der Waals surface area contributed by atoms with E-state index in [4.69, 9.17) is 0 Å². The SMILES string of the molecule is CC1=C(C)C(C)C(c2ccccc2C=Nc2c(F)c(F)c(F)c(F)c2F)=C1C. The van der Waals surface area contributed by atoms with E-state index in [2.05, 4.69) is 11.9 Å². The lowest BCUT2D eigenvalue weighted by Gasteiger charge is -2.15. The third kappa shape index (κ3) is 3.07. The van der Waals surface area contributed by atoms with E-state index in [1.807, 2.05) is 32.9 Å². The number of allylic oxidation sites excluding steroid dienone is 4. The van der Waals surface area contributed by atoms with Gasteiger partial charge in [0.15, 0.2) is 23.3 Å². The molecule has 2 aromatic carbocycles. The Bertz CT molecular complexity index is 1030. The number of hydrogen-bond acceptors (Lipinski definition) is 1. The number of aliphatic imine (C=N–C) groups is 1. The molecule has 0 saturated heterocycles. The lowest BCUT2D eigenvalue weighted by Crippen LogP contribution is -2.02. The fourth-order valence-electron chi connectivity index (χ4n) is 3.49. The van der Waals surface area contributed by atoms with E-state index in [1.54, 1.807) is 12.1 Å². The molecule has 1 aliphatic carbocycles. The quantitative estimate of drug-likeness (QED) is 0.234. The van der Waals surface area contributed by atoms with Gasteiger partial charge in [-0.1, -0.05) is 36.8 Å². The zero-order chi connectivity index (χ0) is 20.7. The van der Waals surface area contributed by atoms with Crippen LogP contribution in [0.3, 0.4) is 0 Å². The maximum absolute atomic E-state index is 13.9. The molecule has 0 aliphatic heterocycles. The van der Waals surface area contributed by atoms with Crippen molar-refractivity contribution in [1.29, 1.82) is 0 Å². The lowest BCUT2D eigenvalue weighted by molar-refractivity contribution is 0.381. The minimum absolute atomic E-state index is 0.142. The van der Waals surface area contributed by atoms with Crippen molar-refractivity contribution >= 4 is 17.5 Å². The highest BCUT2D eigenvalue weighted by Gasteiger charge is 2.27. The summed E-state index contributed by atoms with van der Waals surface area (Å²) in [6.07, 6.45) is 1.13. The molecule has 0 heterocycles. The number of hydrogen-bond donors (Lipinski definition) is 0. The van der Waals surface area contributed by atoms with Gasteiger partial charge in [-0.3, -0.25) is 0 Å². The van der Waals surface area contributed by atoms with Crippen molar-refractivity contribution in [3.05, 3.63) is 81.2 Å². The molecule has 1 aliphatic rings. The fourth-order valence-corrected chi connectivity index (χ4v) is 3.49. The molecule has 1 nitrogen and oxygen atoms in total. The van der Waals surface area contributed by atoms with Gasteiger partial charge in [-0.05, 0) is 43.1 Å². The smallest absolute Gasteiger partial charge is 0.200 e. The Hall–Kier alpha value is -2.76. The third-order valence-electron chi connectivity index (χ3n) is 5.41. The average Bonchev–Trinajstić information content (AvgIpc) is 2.88. The van der Waals surface area contributed by atoms with Crippen LogP contribution < -0.4 is 0 Å². The normalized spacial score (nSPS) is 17.4. The number of rotatable bonds is 3. The molecule has 0 radical (unpaired) electrons. The van der Waals surface area contributed by atoms with Gasteiger partial charge in [-0.2, -0.15) is 0 Å². The Morgan fingerprint density at radius 3 is 1.86 bits per heavy atom. The van der Waals surface area contributed by atoms with Crippen LogP contribution in [0, 0.1) is 35.0 Å². The van der Waals surface area contributed by atoms with Crippen LogP contribution in [0.2, 0.25) is 0 Å². The summed E-state index contributed by atoms with van der Waals surface area (Å²) in [7, 11) is 0. The first kappa shape index (κ1) is 20.0. The van der Waals surface area contributed by atoms with E-state index in [0.29, 0.717) is 5.56 Å². The van der Waals surface area contributed by atoms with Crippen LogP contribution in [0.4, 0.5) is 27.6 Å². The lowest BCUT2D eigenvalue weighted by atomic mass is 9.89. The highest BCUT2D eigenvalue weighted by molar-refractivity contribution is 5.93. The second-order valence-corrected chi connectivity index (χ2v) is 6.83. The van der Waals surface area contributed by atoms with Crippen LogP contribution in [0.1, 0.15) is 38.8 Å². The number of benzene rings is 2. The number of halogens is 5. The molecule has 1 unspecified atom stereocenters. The van der Waals surface area contributed by atoms with E-state index in [9.17, 15) is 22.0 Å². The van der Waals surface area contributed by atoms with E-state index >= 15 is 0 Å². The Labute approximate surface area is 159 Å². The Morgan fingerprint density at radius 1 is 0.786 bits per heavy atom. The first-order chi connectivity index (χ1) is 13.2. The predicted molar refractivity (Wildman–Crippen MR) is 100 cm³/mol. The van der Waals surface area contributed by atoms with Crippen molar-refractivity contribution in [2.24, 2.45) is 10.9 Å². The number of nitrogens with zero attached hydrogens (tertiary/aromatic N) is 1. The second-order valence-electron chi connectivity index (χ2n) is 6.83. The van der Waals surface area contributed by atoms with Gasteiger partial charge in [0.25, 0.3) is 0 Å². The molecular formula is C22H18F5N. The van der Waals surface area contributed by atoms with Gasteiger partial charge in [0.05, 0.1) is 0 Å². The molecule has 1 atom stereocenters. The maximum atomic E-state index is 13.9. The van der Waals surface area contributed by atoms with Crippen molar-refractivity contribution < 1.29 is 22.0 Å². The van der Waals surface area contributed by atoms with E-state index < -0.39 is 34.8 Å². The van der Waals surface area contributed by atoms with Crippen LogP contribution in [-0.4, -0.2) is 6.21 Å².